The molecule has 0 radical (unpaired) electrons. The first-order valence-electron chi connectivity index (χ1n) is 9.83. The van der Waals surface area contributed by atoms with Crippen molar-refractivity contribution in [2.75, 3.05) is 32.8 Å². The minimum atomic E-state index is -0.278. The lowest BCUT2D eigenvalue weighted by molar-refractivity contribution is -0.157. The van der Waals surface area contributed by atoms with Crippen LogP contribution in [0.1, 0.15) is 16.8 Å². The van der Waals surface area contributed by atoms with Crippen LogP contribution in [0.25, 0.3) is 22.4 Å². The second-order valence-electron chi connectivity index (χ2n) is 7.34. The Morgan fingerprint density at radius 1 is 0.931 bits per heavy atom. The van der Waals surface area contributed by atoms with Crippen LogP contribution < -0.4 is 0 Å². The van der Waals surface area contributed by atoms with Gasteiger partial charge in [-0.05, 0) is 24.3 Å². The highest BCUT2D eigenvalue weighted by atomic mass is 16.5. The monoisotopic (exact) mass is 391 g/mol. The molecular weight excluding hydrogens is 370 g/mol. The van der Waals surface area contributed by atoms with Gasteiger partial charge in [-0.2, -0.15) is 0 Å². The fourth-order valence-electron chi connectivity index (χ4n) is 3.74. The zero-order valence-electron chi connectivity index (χ0n) is 15.9. The molecular formula is C22H21N3O4. The molecule has 1 unspecified atom stereocenters. The van der Waals surface area contributed by atoms with E-state index in [0.29, 0.717) is 38.3 Å². The van der Waals surface area contributed by atoms with E-state index < -0.39 is 0 Å². The van der Waals surface area contributed by atoms with Gasteiger partial charge in [-0.3, -0.25) is 9.59 Å². The third-order valence-electron chi connectivity index (χ3n) is 5.59. The summed E-state index contributed by atoms with van der Waals surface area (Å²) in [6.07, 6.45) is 2.14. The molecule has 2 aliphatic heterocycles. The Morgan fingerprint density at radius 2 is 1.66 bits per heavy atom. The molecule has 0 spiro atoms. The Labute approximate surface area is 167 Å². The third kappa shape index (κ3) is 3.38. The van der Waals surface area contributed by atoms with Gasteiger partial charge in [0.2, 0.25) is 0 Å². The van der Waals surface area contributed by atoms with Crippen molar-refractivity contribution in [3.8, 4) is 11.3 Å². The van der Waals surface area contributed by atoms with E-state index in [2.05, 4.69) is 4.98 Å². The number of nitrogens with zero attached hydrogens (tertiary/aromatic N) is 3. The maximum atomic E-state index is 12.8. The van der Waals surface area contributed by atoms with Crippen molar-refractivity contribution in [3.63, 3.8) is 0 Å². The molecule has 2 amide bonds. The minimum Gasteiger partial charge on any atom is -0.463 e. The van der Waals surface area contributed by atoms with E-state index in [0.717, 1.165) is 28.8 Å². The first kappa shape index (κ1) is 17.9. The number of benzene rings is 1. The van der Waals surface area contributed by atoms with Crippen LogP contribution in [0.2, 0.25) is 0 Å². The summed E-state index contributed by atoms with van der Waals surface area (Å²) in [7, 11) is 0. The lowest BCUT2D eigenvalue weighted by Crippen LogP contribution is -2.54. The number of carbonyl (C=O) groups is 2. The summed E-state index contributed by atoms with van der Waals surface area (Å²) in [6, 6.07) is 13.1. The molecule has 1 atom stereocenters. The molecule has 148 valence electrons. The molecule has 7 heteroatoms. The van der Waals surface area contributed by atoms with Crippen molar-refractivity contribution in [2.24, 2.45) is 0 Å². The van der Waals surface area contributed by atoms with Crippen molar-refractivity contribution in [1.29, 1.82) is 0 Å². The summed E-state index contributed by atoms with van der Waals surface area (Å²) >= 11 is 0. The molecule has 1 aromatic carbocycles. The number of fused-ring (bicyclic) bond motifs is 1. The number of piperazine rings is 1. The Morgan fingerprint density at radius 3 is 2.34 bits per heavy atom. The van der Waals surface area contributed by atoms with Gasteiger partial charge in [0.15, 0.2) is 5.58 Å². The smallest absolute Gasteiger partial charge is 0.253 e. The molecule has 0 bridgehead atoms. The Bertz CT molecular complexity index is 1050. The standard InChI is InChI=1S/C22H21N3O4/c26-21(24-9-11-25(12-10-24)22(27)20-8-14-29-20)16-3-1-15(2-4-16)17-5-6-19-18(23-17)7-13-28-19/h1-7,13,20H,8-12,14H2. The molecule has 5 rings (SSSR count). The van der Waals surface area contributed by atoms with Crippen LogP contribution in [0.4, 0.5) is 0 Å². The van der Waals surface area contributed by atoms with Crippen molar-refractivity contribution < 1.29 is 18.7 Å². The molecule has 7 nitrogen and oxygen atoms in total. The predicted molar refractivity (Wildman–Crippen MR) is 106 cm³/mol. The minimum absolute atomic E-state index is 0.0122. The number of pyridine rings is 1. The summed E-state index contributed by atoms with van der Waals surface area (Å²) in [5.41, 5.74) is 3.98. The first-order valence-corrected chi connectivity index (χ1v) is 9.83. The lowest BCUT2D eigenvalue weighted by Gasteiger charge is -2.38. The van der Waals surface area contributed by atoms with Crippen LogP contribution in [0, 0.1) is 0 Å². The average Bonchev–Trinajstić information content (AvgIpc) is 3.20. The largest absolute Gasteiger partial charge is 0.463 e. The molecule has 0 saturated carbocycles. The third-order valence-corrected chi connectivity index (χ3v) is 5.59. The van der Waals surface area contributed by atoms with Crippen molar-refractivity contribution in [1.82, 2.24) is 14.8 Å². The lowest BCUT2D eigenvalue weighted by atomic mass is 10.1. The molecule has 2 aromatic heterocycles. The van der Waals surface area contributed by atoms with Gasteiger partial charge in [0, 0.05) is 49.8 Å². The summed E-state index contributed by atoms with van der Waals surface area (Å²) in [6.45, 7) is 2.85. The summed E-state index contributed by atoms with van der Waals surface area (Å²) in [4.78, 5) is 33.3. The second-order valence-corrected chi connectivity index (χ2v) is 7.34. The van der Waals surface area contributed by atoms with Crippen molar-refractivity contribution in [3.05, 3.63) is 54.3 Å². The average molecular weight is 391 g/mol. The second kappa shape index (κ2) is 7.33. The molecule has 2 saturated heterocycles. The van der Waals surface area contributed by atoms with Gasteiger partial charge >= 0.3 is 0 Å². The number of hydrogen-bond donors (Lipinski definition) is 0. The normalized spacial score (nSPS) is 19.2. The summed E-state index contributed by atoms with van der Waals surface area (Å²) < 4.78 is 10.6. The molecule has 4 heterocycles. The zero-order chi connectivity index (χ0) is 19.8. The van der Waals surface area contributed by atoms with Crippen LogP contribution in [0.3, 0.4) is 0 Å². The van der Waals surface area contributed by atoms with Gasteiger partial charge in [0.05, 0.1) is 18.6 Å². The van der Waals surface area contributed by atoms with Gasteiger partial charge in [-0.25, -0.2) is 4.98 Å². The Hall–Kier alpha value is -3.19. The highest BCUT2D eigenvalue weighted by Gasteiger charge is 2.33. The number of hydrogen-bond acceptors (Lipinski definition) is 5. The molecule has 0 N–H and O–H groups in total. The fourth-order valence-corrected chi connectivity index (χ4v) is 3.74. The van der Waals surface area contributed by atoms with Gasteiger partial charge < -0.3 is 19.0 Å². The highest BCUT2D eigenvalue weighted by molar-refractivity contribution is 5.95. The van der Waals surface area contributed by atoms with Crippen LogP contribution in [0.15, 0.2) is 53.1 Å². The molecule has 29 heavy (non-hydrogen) atoms. The number of aromatic nitrogens is 1. The maximum Gasteiger partial charge on any atom is 0.253 e. The molecule has 3 aromatic rings. The van der Waals surface area contributed by atoms with E-state index in [1.807, 2.05) is 42.5 Å². The SMILES string of the molecule is O=C(c1ccc(-c2ccc3occc3n2)cc1)N1CCN(C(=O)C2CCO2)CC1. The number of furan rings is 1. The molecule has 2 aliphatic rings. The Balaban J connectivity index is 1.24. The van der Waals surface area contributed by atoms with Gasteiger partial charge in [-0.1, -0.05) is 12.1 Å². The maximum absolute atomic E-state index is 12.8. The van der Waals surface area contributed by atoms with Crippen LogP contribution in [-0.2, 0) is 9.53 Å². The fraction of sp³-hybridized carbons (Fsp3) is 0.318. The van der Waals surface area contributed by atoms with E-state index in [1.165, 1.54) is 0 Å². The van der Waals surface area contributed by atoms with E-state index in [9.17, 15) is 9.59 Å². The van der Waals surface area contributed by atoms with Crippen LogP contribution >= 0.6 is 0 Å². The summed E-state index contributed by atoms with van der Waals surface area (Å²) in [5.74, 6) is 0.0385. The van der Waals surface area contributed by atoms with Gasteiger partial charge in [0.1, 0.15) is 11.6 Å². The van der Waals surface area contributed by atoms with Gasteiger partial charge in [0.25, 0.3) is 11.8 Å². The Kier molecular flexibility index (Phi) is 4.52. The highest BCUT2D eigenvalue weighted by Crippen LogP contribution is 2.23. The van der Waals surface area contributed by atoms with E-state index in [4.69, 9.17) is 9.15 Å². The topological polar surface area (TPSA) is 75.9 Å². The van der Waals surface area contributed by atoms with E-state index >= 15 is 0 Å². The van der Waals surface area contributed by atoms with Crippen molar-refractivity contribution in [2.45, 2.75) is 12.5 Å². The number of carbonyl (C=O) groups excluding carboxylic acids is 2. The van der Waals surface area contributed by atoms with E-state index in [1.54, 1.807) is 16.1 Å². The van der Waals surface area contributed by atoms with E-state index in [-0.39, 0.29) is 17.9 Å². The van der Waals surface area contributed by atoms with Crippen molar-refractivity contribution >= 4 is 22.9 Å². The number of rotatable bonds is 3. The summed E-state index contributed by atoms with van der Waals surface area (Å²) in [5, 5.41) is 0. The quantitative estimate of drug-likeness (QED) is 0.686. The molecule has 0 aliphatic carbocycles. The van der Waals surface area contributed by atoms with Gasteiger partial charge in [-0.15, -0.1) is 0 Å². The predicted octanol–water partition coefficient (Wildman–Crippen LogP) is 2.57. The number of ether oxygens (including phenoxy) is 1. The zero-order valence-corrected chi connectivity index (χ0v) is 15.9. The van der Waals surface area contributed by atoms with Crippen LogP contribution in [0.5, 0.6) is 0 Å². The first-order chi connectivity index (χ1) is 14.2. The number of amides is 2. The molecule has 2 fully saturated rings. The van der Waals surface area contributed by atoms with Crippen LogP contribution in [-0.4, -0.2) is 65.5 Å².